The number of hydrogen-bond acceptors (Lipinski definition) is 4. The van der Waals surface area contributed by atoms with Crippen LogP contribution in [0.3, 0.4) is 0 Å². The van der Waals surface area contributed by atoms with E-state index in [9.17, 15) is 9.59 Å². The highest BCUT2D eigenvalue weighted by atomic mass is 32.2. The van der Waals surface area contributed by atoms with Crippen molar-refractivity contribution < 1.29 is 9.59 Å². The molecule has 0 aromatic rings. The van der Waals surface area contributed by atoms with Crippen LogP contribution in [0.25, 0.3) is 0 Å². The molecule has 21 heavy (non-hydrogen) atoms. The van der Waals surface area contributed by atoms with Crippen molar-refractivity contribution in [2.75, 3.05) is 6.26 Å². The SMILES string of the molecule is CC.CC.CS/N=C(C)\C(=C\NC(=O)CC(C)C)C(N)=O. The summed E-state index contributed by atoms with van der Waals surface area (Å²) in [6.07, 6.45) is 3.50. The van der Waals surface area contributed by atoms with Gasteiger partial charge in [-0.3, -0.25) is 9.59 Å². The number of amides is 2. The Balaban J connectivity index is -0.000000739. The monoisotopic (exact) mass is 317 g/mol. The summed E-state index contributed by atoms with van der Waals surface area (Å²) in [5, 5.41) is 2.54. The number of nitrogens with zero attached hydrogens (tertiary/aromatic N) is 1. The molecule has 0 atom stereocenters. The molecular weight excluding hydrogens is 286 g/mol. The summed E-state index contributed by atoms with van der Waals surface area (Å²) in [6.45, 7) is 13.6. The van der Waals surface area contributed by atoms with E-state index in [1.165, 1.54) is 18.1 Å². The van der Waals surface area contributed by atoms with Gasteiger partial charge in [-0.1, -0.05) is 41.5 Å². The lowest BCUT2D eigenvalue weighted by atomic mass is 10.1. The molecule has 0 unspecified atom stereocenters. The zero-order chi connectivity index (χ0) is 17.4. The van der Waals surface area contributed by atoms with Gasteiger partial charge in [0.1, 0.15) is 0 Å². The van der Waals surface area contributed by atoms with E-state index in [1.807, 2.05) is 41.5 Å². The summed E-state index contributed by atoms with van der Waals surface area (Å²) in [5.74, 6) is -0.484. The van der Waals surface area contributed by atoms with E-state index >= 15 is 0 Å². The third-order valence-electron chi connectivity index (χ3n) is 1.85. The van der Waals surface area contributed by atoms with Crippen molar-refractivity contribution in [3.05, 3.63) is 11.8 Å². The summed E-state index contributed by atoms with van der Waals surface area (Å²) in [4.78, 5) is 22.6. The molecule has 2 amide bonds. The van der Waals surface area contributed by atoms with Crippen LogP contribution in [0.15, 0.2) is 16.2 Å². The zero-order valence-electron chi connectivity index (χ0n) is 14.6. The molecule has 0 aliphatic carbocycles. The number of nitrogens with one attached hydrogen (secondary N) is 1. The number of hydrogen-bond donors (Lipinski definition) is 2. The van der Waals surface area contributed by atoms with Gasteiger partial charge in [-0.2, -0.15) is 0 Å². The molecule has 0 aromatic heterocycles. The Hall–Kier alpha value is -1.30. The molecule has 3 N–H and O–H groups in total. The fourth-order valence-electron chi connectivity index (χ4n) is 1.12. The van der Waals surface area contributed by atoms with Gasteiger partial charge < -0.3 is 11.1 Å². The van der Waals surface area contributed by atoms with Gasteiger partial charge >= 0.3 is 0 Å². The molecule has 5 nitrogen and oxygen atoms in total. The van der Waals surface area contributed by atoms with Crippen molar-refractivity contribution in [2.45, 2.75) is 54.9 Å². The minimum Gasteiger partial charge on any atom is -0.365 e. The van der Waals surface area contributed by atoms with Gasteiger partial charge in [0.2, 0.25) is 5.91 Å². The summed E-state index contributed by atoms with van der Waals surface area (Å²) >= 11 is 1.23. The highest BCUT2D eigenvalue weighted by Gasteiger charge is 2.10. The Morgan fingerprint density at radius 1 is 1.24 bits per heavy atom. The van der Waals surface area contributed by atoms with Crippen LogP contribution in [0.2, 0.25) is 0 Å². The Bertz CT molecular complexity index is 351. The third-order valence-corrected chi connectivity index (χ3v) is 2.31. The van der Waals surface area contributed by atoms with Gasteiger partial charge in [0, 0.05) is 18.9 Å². The molecule has 0 spiro atoms. The van der Waals surface area contributed by atoms with Crippen LogP contribution in [-0.2, 0) is 9.59 Å². The number of carbonyl (C=O) groups is 2. The van der Waals surface area contributed by atoms with E-state index in [0.717, 1.165) is 0 Å². The molecule has 6 heteroatoms. The van der Waals surface area contributed by atoms with Gasteiger partial charge in [0.15, 0.2) is 0 Å². The van der Waals surface area contributed by atoms with Crippen molar-refractivity contribution in [3.63, 3.8) is 0 Å². The van der Waals surface area contributed by atoms with E-state index < -0.39 is 5.91 Å². The molecule has 0 heterocycles. The maximum absolute atomic E-state index is 11.4. The van der Waals surface area contributed by atoms with Crippen LogP contribution < -0.4 is 11.1 Å². The molecule has 0 rings (SSSR count). The lowest BCUT2D eigenvalue weighted by Crippen LogP contribution is -2.25. The van der Waals surface area contributed by atoms with Crippen LogP contribution in [0.1, 0.15) is 54.9 Å². The van der Waals surface area contributed by atoms with Crippen LogP contribution in [0.5, 0.6) is 0 Å². The van der Waals surface area contributed by atoms with Gasteiger partial charge in [-0.05, 0) is 24.8 Å². The Morgan fingerprint density at radius 2 is 1.71 bits per heavy atom. The van der Waals surface area contributed by atoms with Crippen molar-refractivity contribution in [2.24, 2.45) is 16.0 Å². The fourth-order valence-corrected chi connectivity index (χ4v) is 1.49. The largest absolute Gasteiger partial charge is 0.365 e. The minimum atomic E-state index is -0.606. The Labute approximate surface area is 134 Å². The second-order valence-electron chi connectivity index (χ2n) is 3.95. The van der Waals surface area contributed by atoms with Crippen molar-refractivity contribution in [1.29, 1.82) is 0 Å². The first kappa shape index (κ1) is 24.7. The highest BCUT2D eigenvalue weighted by molar-refractivity contribution is 7.97. The minimum absolute atomic E-state index is 0.143. The van der Waals surface area contributed by atoms with E-state index in [4.69, 9.17) is 5.73 Å². The number of primary amides is 1. The predicted octanol–water partition coefficient (Wildman–Crippen LogP) is 3.31. The molecule has 0 saturated carbocycles. The van der Waals surface area contributed by atoms with Crippen LogP contribution >= 0.6 is 11.9 Å². The lowest BCUT2D eigenvalue weighted by Gasteiger charge is -2.05. The molecule has 0 aromatic carbocycles. The van der Waals surface area contributed by atoms with Crippen LogP contribution in [-0.4, -0.2) is 23.8 Å². The van der Waals surface area contributed by atoms with E-state index in [0.29, 0.717) is 12.1 Å². The molecule has 0 aliphatic rings. The van der Waals surface area contributed by atoms with Crippen molar-refractivity contribution in [3.8, 4) is 0 Å². The molecule has 0 saturated heterocycles. The molecular formula is C15H31N3O2S. The van der Waals surface area contributed by atoms with Crippen molar-refractivity contribution >= 4 is 29.5 Å². The maximum atomic E-state index is 11.4. The van der Waals surface area contributed by atoms with Crippen molar-refractivity contribution in [1.82, 2.24) is 5.32 Å². The summed E-state index contributed by atoms with van der Waals surface area (Å²) < 4.78 is 4.00. The van der Waals surface area contributed by atoms with E-state index in [-0.39, 0.29) is 17.4 Å². The summed E-state index contributed by atoms with van der Waals surface area (Å²) in [5.41, 5.74) is 5.92. The Kier molecular flexibility index (Phi) is 19.7. The van der Waals surface area contributed by atoms with Gasteiger partial charge in [0.25, 0.3) is 5.91 Å². The quantitative estimate of drug-likeness (QED) is 0.448. The highest BCUT2D eigenvalue weighted by Crippen LogP contribution is 2.04. The first-order chi connectivity index (χ1) is 9.88. The predicted molar refractivity (Wildman–Crippen MR) is 94.2 cm³/mol. The standard InChI is InChI=1S/C11H19N3O2S.2C2H6/c1-7(2)5-10(15)13-6-9(11(12)16)8(3)14-17-4;2*1-2/h6-7H,5H2,1-4H3,(H2,12,16)(H,13,15);2*1-2H3/b9-6-,14-8-;;. The molecule has 0 fully saturated rings. The molecule has 0 bridgehead atoms. The second-order valence-corrected chi connectivity index (χ2v) is 4.49. The number of rotatable bonds is 6. The average molecular weight is 317 g/mol. The first-order valence-corrected chi connectivity index (χ1v) is 8.44. The normalized spacial score (nSPS) is 10.9. The van der Waals surface area contributed by atoms with E-state index in [2.05, 4.69) is 9.71 Å². The van der Waals surface area contributed by atoms with Crippen LogP contribution in [0.4, 0.5) is 0 Å². The summed E-state index contributed by atoms with van der Waals surface area (Å²) in [7, 11) is 0. The molecule has 124 valence electrons. The first-order valence-electron chi connectivity index (χ1n) is 7.26. The Morgan fingerprint density at radius 3 is 2.05 bits per heavy atom. The van der Waals surface area contributed by atoms with E-state index in [1.54, 1.807) is 13.2 Å². The lowest BCUT2D eigenvalue weighted by molar-refractivity contribution is -0.120. The second kappa shape index (κ2) is 16.8. The average Bonchev–Trinajstić information content (AvgIpc) is 2.42. The van der Waals surface area contributed by atoms with Gasteiger partial charge in [0.05, 0.1) is 11.3 Å². The number of nitrogens with two attached hydrogens (primary N) is 1. The summed E-state index contributed by atoms with van der Waals surface area (Å²) in [6, 6.07) is 0. The smallest absolute Gasteiger partial charge is 0.252 e. The topological polar surface area (TPSA) is 84.6 Å². The third kappa shape index (κ3) is 14.9. The molecule has 0 radical (unpaired) electrons. The maximum Gasteiger partial charge on any atom is 0.252 e. The number of carbonyl (C=O) groups excluding carboxylic acids is 2. The van der Waals surface area contributed by atoms with Crippen LogP contribution in [0, 0.1) is 5.92 Å². The zero-order valence-corrected chi connectivity index (χ0v) is 15.4. The molecule has 0 aliphatic heterocycles. The fraction of sp³-hybridized carbons (Fsp3) is 0.667. The van der Waals surface area contributed by atoms with Gasteiger partial charge in [-0.15, -0.1) is 0 Å². The van der Waals surface area contributed by atoms with Gasteiger partial charge in [-0.25, -0.2) is 4.40 Å².